The Bertz CT molecular complexity index is 482. The van der Waals surface area contributed by atoms with E-state index in [0.29, 0.717) is 23.9 Å². The summed E-state index contributed by atoms with van der Waals surface area (Å²) in [7, 11) is 0. The molecule has 0 aliphatic carbocycles. The van der Waals surface area contributed by atoms with Crippen molar-refractivity contribution in [2.45, 2.75) is 13.3 Å². The first-order valence-corrected chi connectivity index (χ1v) is 6.28. The predicted molar refractivity (Wildman–Crippen MR) is 74.6 cm³/mol. The molecule has 1 saturated heterocycles. The largest absolute Gasteiger partial charge is 0.389 e. The molecule has 1 unspecified atom stereocenters. The van der Waals surface area contributed by atoms with E-state index >= 15 is 0 Å². The third-order valence-electron chi connectivity index (χ3n) is 3.08. The fourth-order valence-electron chi connectivity index (χ4n) is 2.08. The number of aryl methyl sites for hydroxylation is 1. The molecule has 0 spiro atoms. The molecule has 2 rings (SSSR count). The molecule has 1 aromatic carbocycles. The summed E-state index contributed by atoms with van der Waals surface area (Å²) < 4.78 is 5.21. The normalized spacial score (nSPS) is 18.6. The van der Waals surface area contributed by atoms with Crippen molar-refractivity contribution in [3.8, 4) is 0 Å². The zero-order valence-corrected chi connectivity index (χ0v) is 11.0. The minimum absolute atomic E-state index is 0.0319. The molecule has 0 radical (unpaired) electrons. The van der Waals surface area contributed by atoms with Crippen LogP contribution in [0.4, 0.5) is 5.69 Å². The van der Waals surface area contributed by atoms with Crippen LogP contribution in [0.2, 0.25) is 0 Å². The Kier molecular flexibility index (Phi) is 3.93. The van der Waals surface area contributed by atoms with Gasteiger partial charge in [0.25, 0.3) is 0 Å². The second-order valence-corrected chi connectivity index (χ2v) is 4.85. The van der Waals surface area contributed by atoms with Gasteiger partial charge in [-0.2, -0.15) is 0 Å². The molecule has 0 bridgehead atoms. The van der Waals surface area contributed by atoms with Gasteiger partial charge in [0.2, 0.25) is 5.91 Å². The van der Waals surface area contributed by atoms with E-state index in [0.717, 1.165) is 17.5 Å². The van der Waals surface area contributed by atoms with E-state index in [1.54, 1.807) is 0 Å². The Morgan fingerprint density at radius 1 is 1.56 bits per heavy atom. The molecule has 1 aliphatic rings. The number of anilines is 1. The number of nitrogens with two attached hydrogens (primary N) is 1. The molecule has 0 saturated carbocycles. The Balaban J connectivity index is 2.20. The minimum Gasteiger partial charge on any atom is -0.389 e. The van der Waals surface area contributed by atoms with Crippen molar-refractivity contribution in [2.24, 2.45) is 11.7 Å². The van der Waals surface area contributed by atoms with Crippen molar-refractivity contribution in [1.82, 2.24) is 0 Å². The van der Waals surface area contributed by atoms with E-state index in [9.17, 15) is 4.79 Å². The molecule has 0 aromatic heterocycles. The maximum atomic E-state index is 12.0. The van der Waals surface area contributed by atoms with Crippen LogP contribution in [0.5, 0.6) is 0 Å². The van der Waals surface area contributed by atoms with Gasteiger partial charge in [0.1, 0.15) is 4.99 Å². The maximum Gasteiger partial charge on any atom is 0.229 e. The number of hydrogen-bond donors (Lipinski definition) is 2. The first kappa shape index (κ1) is 13.0. The molecular formula is C13H16N2O2S. The number of thiocarbonyl (C=S) groups is 1. The summed E-state index contributed by atoms with van der Waals surface area (Å²) in [6.45, 7) is 3.05. The van der Waals surface area contributed by atoms with Gasteiger partial charge in [0.05, 0.1) is 18.2 Å². The number of carbonyl (C=O) groups is 1. The molecule has 96 valence electrons. The second-order valence-electron chi connectivity index (χ2n) is 4.41. The summed E-state index contributed by atoms with van der Waals surface area (Å²) in [5.74, 6) is -0.111. The van der Waals surface area contributed by atoms with Crippen LogP contribution in [-0.4, -0.2) is 24.1 Å². The fraction of sp³-hybridized carbons (Fsp3) is 0.385. The monoisotopic (exact) mass is 264 g/mol. The molecule has 1 fully saturated rings. The highest BCUT2D eigenvalue weighted by molar-refractivity contribution is 7.80. The highest BCUT2D eigenvalue weighted by atomic mass is 32.1. The molecule has 1 amide bonds. The molecule has 18 heavy (non-hydrogen) atoms. The molecule has 3 N–H and O–H groups in total. The average molecular weight is 264 g/mol. The lowest BCUT2D eigenvalue weighted by molar-refractivity contribution is -0.119. The van der Waals surface area contributed by atoms with E-state index in [-0.39, 0.29) is 11.8 Å². The Morgan fingerprint density at radius 2 is 2.33 bits per heavy atom. The van der Waals surface area contributed by atoms with Gasteiger partial charge >= 0.3 is 0 Å². The summed E-state index contributed by atoms with van der Waals surface area (Å²) >= 11 is 5.03. The summed E-state index contributed by atoms with van der Waals surface area (Å²) in [4.78, 5) is 12.3. The van der Waals surface area contributed by atoms with Crippen LogP contribution in [0.15, 0.2) is 18.2 Å². The first-order chi connectivity index (χ1) is 8.59. The maximum absolute atomic E-state index is 12.0. The van der Waals surface area contributed by atoms with Crippen LogP contribution in [0.3, 0.4) is 0 Å². The van der Waals surface area contributed by atoms with Crippen LogP contribution >= 0.6 is 12.2 Å². The van der Waals surface area contributed by atoms with Gasteiger partial charge in [0, 0.05) is 12.2 Å². The number of benzene rings is 1. The Labute approximate surface area is 112 Å². The lowest BCUT2D eigenvalue weighted by atomic mass is 10.0. The quantitative estimate of drug-likeness (QED) is 0.814. The Hall–Kier alpha value is -1.46. The van der Waals surface area contributed by atoms with Gasteiger partial charge in [-0.05, 0) is 25.0 Å². The van der Waals surface area contributed by atoms with Gasteiger partial charge in [-0.15, -0.1) is 0 Å². The summed E-state index contributed by atoms with van der Waals surface area (Å²) in [5, 5.41) is 2.89. The third kappa shape index (κ3) is 2.68. The van der Waals surface area contributed by atoms with Gasteiger partial charge < -0.3 is 15.8 Å². The van der Waals surface area contributed by atoms with Crippen LogP contribution < -0.4 is 11.1 Å². The highest BCUT2D eigenvalue weighted by Gasteiger charge is 2.24. The number of carbonyl (C=O) groups excluding carboxylic acids is 1. The summed E-state index contributed by atoms with van der Waals surface area (Å²) in [6, 6.07) is 5.61. The number of nitrogens with one attached hydrogen (secondary N) is 1. The van der Waals surface area contributed by atoms with E-state index < -0.39 is 0 Å². The van der Waals surface area contributed by atoms with Gasteiger partial charge in [-0.3, -0.25) is 4.79 Å². The van der Waals surface area contributed by atoms with E-state index in [1.165, 1.54) is 0 Å². The van der Waals surface area contributed by atoms with E-state index in [1.807, 2.05) is 25.1 Å². The SMILES string of the molecule is Cc1cccc(NC(=O)C2CCOC2)c1C(N)=S. The number of rotatable bonds is 3. The van der Waals surface area contributed by atoms with Crippen molar-refractivity contribution in [2.75, 3.05) is 18.5 Å². The number of ether oxygens (including phenoxy) is 1. The van der Waals surface area contributed by atoms with Crippen molar-refractivity contribution in [1.29, 1.82) is 0 Å². The van der Waals surface area contributed by atoms with Crippen LogP contribution in [0, 0.1) is 12.8 Å². The van der Waals surface area contributed by atoms with Gasteiger partial charge in [-0.25, -0.2) is 0 Å². The molecule has 4 nitrogen and oxygen atoms in total. The molecule has 1 aromatic rings. The summed E-state index contributed by atoms with van der Waals surface area (Å²) in [5.41, 5.74) is 8.08. The predicted octanol–water partition coefficient (Wildman–Crippen LogP) is 1.60. The Morgan fingerprint density at radius 3 is 2.94 bits per heavy atom. The topological polar surface area (TPSA) is 64.3 Å². The molecule has 1 aliphatic heterocycles. The lowest BCUT2D eigenvalue weighted by Crippen LogP contribution is -2.25. The lowest BCUT2D eigenvalue weighted by Gasteiger charge is -2.14. The van der Waals surface area contributed by atoms with Gasteiger partial charge in [0.15, 0.2) is 0 Å². The number of hydrogen-bond acceptors (Lipinski definition) is 3. The molecule has 1 heterocycles. The summed E-state index contributed by atoms with van der Waals surface area (Å²) in [6.07, 6.45) is 0.764. The van der Waals surface area contributed by atoms with Gasteiger partial charge in [-0.1, -0.05) is 24.4 Å². The van der Waals surface area contributed by atoms with Crippen molar-refractivity contribution in [3.05, 3.63) is 29.3 Å². The zero-order valence-electron chi connectivity index (χ0n) is 10.2. The highest BCUT2D eigenvalue weighted by Crippen LogP contribution is 2.21. The van der Waals surface area contributed by atoms with Crippen LogP contribution in [0.25, 0.3) is 0 Å². The molecule has 5 heteroatoms. The number of amides is 1. The van der Waals surface area contributed by atoms with E-state index in [4.69, 9.17) is 22.7 Å². The zero-order chi connectivity index (χ0) is 13.1. The standard InChI is InChI=1S/C13H16N2O2S/c1-8-3-2-4-10(11(8)12(14)18)15-13(16)9-5-6-17-7-9/h2-4,9H,5-7H2,1H3,(H2,14,18)(H,15,16). The molecular weight excluding hydrogens is 248 g/mol. The van der Waals surface area contributed by atoms with Crippen molar-refractivity contribution >= 4 is 28.8 Å². The smallest absolute Gasteiger partial charge is 0.229 e. The van der Waals surface area contributed by atoms with Crippen molar-refractivity contribution < 1.29 is 9.53 Å². The molecule has 1 atom stereocenters. The van der Waals surface area contributed by atoms with E-state index in [2.05, 4.69) is 5.32 Å². The van der Waals surface area contributed by atoms with Crippen molar-refractivity contribution in [3.63, 3.8) is 0 Å². The van der Waals surface area contributed by atoms with Crippen LogP contribution in [0.1, 0.15) is 17.5 Å². The first-order valence-electron chi connectivity index (χ1n) is 5.87. The second kappa shape index (κ2) is 5.46. The minimum atomic E-state index is -0.0790. The third-order valence-corrected chi connectivity index (χ3v) is 3.28. The average Bonchev–Trinajstić information content (AvgIpc) is 2.81. The van der Waals surface area contributed by atoms with Crippen LogP contribution in [-0.2, 0) is 9.53 Å². The fourth-order valence-corrected chi connectivity index (χ4v) is 2.35.